The summed E-state index contributed by atoms with van der Waals surface area (Å²) in [5, 5.41) is 3.50. The molecule has 1 aliphatic heterocycles. The summed E-state index contributed by atoms with van der Waals surface area (Å²) in [4.78, 5) is 2.70. The molecule has 1 fully saturated rings. The van der Waals surface area contributed by atoms with E-state index in [0.717, 1.165) is 12.5 Å². The van der Waals surface area contributed by atoms with Crippen molar-refractivity contribution in [2.24, 2.45) is 5.92 Å². The minimum atomic E-state index is 0.909. The molecule has 1 N–H and O–H groups in total. The van der Waals surface area contributed by atoms with Crippen molar-refractivity contribution in [2.75, 3.05) is 32.7 Å². The summed E-state index contributed by atoms with van der Waals surface area (Å²) in [6, 6.07) is 0. The van der Waals surface area contributed by atoms with Crippen LogP contribution in [-0.4, -0.2) is 37.6 Å². The lowest BCUT2D eigenvalue weighted by atomic mass is 10.0. The molecule has 0 aromatic rings. The maximum atomic E-state index is 3.50. The second kappa shape index (κ2) is 17.3. The second-order valence-electron chi connectivity index (χ2n) is 8.36. The zero-order chi connectivity index (χ0) is 18.0. The zero-order valence-electron chi connectivity index (χ0n) is 17.7. The second-order valence-corrected chi connectivity index (χ2v) is 8.36. The number of rotatable bonds is 18. The molecule has 25 heavy (non-hydrogen) atoms. The van der Waals surface area contributed by atoms with Crippen LogP contribution in [0.1, 0.15) is 110 Å². The maximum absolute atomic E-state index is 3.50. The first-order valence-corrected chi connectivity index (χ1v) is 11.8. The van der Waals surface area contributed by atoms with E-state index in [0.29, 0.717) is 0 Å². The van der Waals surface area contributed by atoms with E-state index in [4.69, 9.17) is 0 Å². The molecule has 2 heteroatoms. The van der Waals surface area contributed by atoms with Crippen molar-refractivity contribution in [1.82, 2.24) is 10.2 Å². The van der Waals surface area contributed by atoms with Gasteiger partial charge in [0.05, 0.1) is 0 Å². The van der Waals surface area contributed by atoms with Gasteiger partial charge in [0.15, 0.2) is 0 Å². The van der Waals surface area contributed by atoms with E-state index < -0.39 is 0 Å². The van der Waals surface area contributed by atoms with Gasteiger partial charge < -0.3 is 10.2 Å². The first-order valence-electron chi connectivity index (χ1n) is 11.8. The van der Waals surface area contributed by atoms with Crippen LogP contribution in [0.3, 0.4) is 0 Å². The van der Waals surface area contributed by atoms with Crippen LogP contribution in [0.15, 0.2) is 0 Å². The van der Waals surface area contributed by atoms with Gasteiger partial charge in [0.2, 0.25) is 0 Å². The molecule has 0 aliphatic carbocycles. The van der Waals surface area contributed by atoms with Crippen LogP contribution in [0, 0.1) is 5.92 Å². The lowest BCUT2D eigenvalue weighted by Crippen LogP contribution is -2.26. The van der Waals surface area contributed by atoms with E-state index >= 15 is 0 Å². The molecule has 1 heterocycles. The summed E-state index contributed by atoms with van der Waals surface area (Å²) in [5.74, 6) is 0.909. The third-order valence-electron chi connectivity index (χ3n) is 5.88. The third-order valence-corrected chi connectivity index (χ3v) is 5.88. The van der Waals surface area contributed by atoms with E-state index in [-0.39, 0.29) is 0 Å². The minimum absolute atomic E-state index is 0.909. The number of hydrogen-bond donors (Lipinski definition) is 1. The fourth-order valence-corrected chi connectivity index (χ4v) is 4.16. The van der Waals surface area contributed by atoms with E-state index in [1.807, 2.05) is 0 Å². The molecule has 0 aromatic heterocycles. The Labute approximate surface area is 159 Å². The van der Waals surface area contributed by atoms with Crippen molar-refractivity contribution in [3.63, 3.8) is 0 Å². The van der Waals surface area contributed by atoms with Crippen LogP contribution < -0.4 is 5.32 Å². The lowest BCUT2D eigenvalue weighted by Gasteiger charge is -2.16. The van der Waals surface area contributed by atoms with E-state index in [9.17, 15) is 0 Å². The molecule has 1 rings (SSSR count). The van der Waals surface area contributed by atoms with Gasteiger partial charge in [-0.25, -0.2) is 0 Å². The van der Waals surface area contributed by atoms with Gasteiger partial charge in [-0.3, -0.25) is 0 Å². The first-order chi connectivity index (χ1) is 12.4. The summed E-state index contributed by atoms with van der Waals surface area (Å²) in [5.41, 5.74) is 0. The topological polar surface area (TPSA) is 15.3 Å². The van der Waals surface area contributed by atoms with Crippen LogP contribution in [0.5, 0.6) is 0 Å². The minimum Gasteiger partial charge on any atom is -0.317 e. The molecule has 0 saturated carbocycles. The van der Waals surface area contributed by atoms with Crippen LogP contribution >= 0.6 is 0 Å². The van der Waals surface area contributed by atoms with Crippen molar-refractivity contribution in [3.05, 3.63) is 0 Å². The lowest BCUT2D eigenvalue weighted by molar-refractivity contribution is 0.312. The highest BCUT2D eigenvalue weighted by Gasteiger charge is 2.20. The highest BCUT2D eigenvalue weighted by molar-refractivity contribution is 4.76. The standard InChI is InChI=1S/C23H48N2/c1-3-5-6-7-8-9-10-11-12-13-14-15-16-17-19-25-20-18-23(22-25)21-24-4-2/h23-24H,3-22H2,1-2H3. The molecule has 150 valence electrons. The Hall–Kier alpha value is -0.0800. The van der Waals surface area contributed by atoms with Gasteiger partial charge in [0.1, 0.15) is 0 Å². The molecule has 0 aromatic carbocycles. The number of likely N-dealkylation sites (tertiary alicyclic amines) is 1. The summed E-state index contributed by atoms with van der Waals surface area (Å²) in [6.45, 7) is 10.9. The molecule has 1 saturated heterocycles. The summed E-state index contributed by atoms with van der Waals surface area (Å²) in [6.07, 6.45) is 21.8. The van der Waals surface area contributed by atoms with Crippen LogP contribution in [0.4, 0.5) is 0 Å². The van der Waals surface area contributed by atoms with Crippen molar-refractivity contribution in [2.45, 2.75) is 110 Å². The highest BCUT2D eigenvalue weighted by atomic mass is 15.1. The number of hydrogen-bond acceptors (Lipinski definition) is 2. The normalized spacial score (nSPS) is 18.2. The molecule has 1 atom stereocenters. The predicted octanol–water partition coefficient (Wildman–Crippen LogP) is 6.40. The Bertz CT molecular complexity index is 267. The SMILES string of the molecule is CCCCCCCCCCCCCCCCN1CCC(CNCC)C1. The smallest absolute Gasteiger partial charge is 0.00223 e. The van der Waals surface area contributed by atoms with Gasteiger partial charge >= 0.3 is 0 Å². The Balaban J connectivity index is 1.74. The molecule has 1 aliphatic rings. The number of nitrogens with one attached hydrogen (secondary N) is 1. The quantitative estimate of drug-likeness (QED) is 0.287. The van der Waals surface area contributed by atoms with Gasteiger partial charge in [-0.05, 0) is 44.9 Å². The first kappa shape index (κ1) is 23.0. The van der Waals surface area contributed by atoms with Crippen LogP contribution in [0.2, 0.25) is 0 Å². The average molecular weight is 353 g/mol. The van der Waals surface area contributed by atoms with Gasteiger partial charge in [0, 0.05) is 6.54 Å². The predicted molar refractivity (Wildman–Crippen MR) is 113 cm³/mol. The Kier molecular flexibility index (Phi) is 15.9. The third kappa shape index (κ3) is 13.7. The molecular formula is C23H48N2. The number of nitrogens with zero attached hydrogens (tertiary/aromatic N) is 1. The Morgan fingerprint density at radius 2 is 1.24 bits per heavy atom. The van der Waals surface area contributed by atoms with Crippen molar-refractivity contribution in [3.8, 4) is 0 Å². The van der Waals surface area contributed by atoms with Crippen molar-refractivity contribution >= 4 is 0 Å². The summed E-state index contributed by atoms with van der Waals surface area (Å²) < 4.78 is 0. The van der Waals surface area contributed by atoms with Crippen LogP contribution in [-0.2, 0) is 0 Å². The molecule has 0 spiro atoms. The van der Waals surface area contributed by atoms with Crippen molar-refractivity contribution < 1.29 is 0 Å². The fourth-order valence-electron chi connectivity index (χ4n) is 4.16. The molecular weight excluding hydrogens is 304 g/mol. The van der Waals surface area contributed by atoms with E-state index in [2.05, 4.69) is 24.1 Å². The largest absolute Gasteiger partial charge is 0.317 e. The van der Waals surface area contributed by atoms with Gasteiger partial charge in [0.25, 0.3) is 0 Å². The highest BCUT2D eigenvalue weighted by Crippen LogP contribution is 2.17. The fraction of sp³-hybridized carbons (Fsp3) is 1.00. The molecule has 0 bridgehead atoms. The Morgan fingerprint density at radius 3 is 1.76 bits per heavy atom. The summed E-state index contributed by atoms with van der Waals surface area (Å²) in [7, 11) is 0. The number of unbranched alkanes of at least 4 members (excludes halogenated alkanes) is 13. The average Bonchev–Trinajstić information content (AvgIpc) is 3.08. The zero-order valence-corrected chi connectivity index (χ0v) is 17.7. The van der Waals surface area contributed by atoms with Crippen LogP contribution in [0.25, 0.3) is 0 Å². The van der Waals surface area contributed by atoms with Gasteiger partial charge in [-0.2, -0.15) is 0 Å². The Morgan fingerprint density at radius 1 is 0.720 bits per heavy atom. The van der Waals surface area contributed by atoms with Crippen molar-refractivity contribution in [1.29, 1.82) is 0 Å². The summed E-state index contributed by atoms with van der Waals surface area (Å²) >= 11 is 0. The van der Waals surface area contributed by atoms with Gasteiger partial charge in [-0.15, -0.1) is 0 Å². The molecule has 1 unspecified atom stereocenters. The molecule has 2 nitrogen and oxygen atoms in total. The molecule has 0 amide bonds. The van der Waals surface area contributed by atoms with E-state index in [1.54, 1.807) is 0 Å². The van der Waals surface area contributed by atoms with Gasteiger partial charge in [-0.1, -0.05) is 97.3 Å². The maximum Gasteiger partial charge on any atom is 0.00223 e. The monoisotopic (exact) mass is 352 g/mol. The molecule has 0 radical (unpaired) electrons. The van der Waals surface area contributed by atoms with E-state index in [1.165, 1.54) is 122 Å².